The van der Waals surface area contributed by atoms with E-state index in [1.807, 2.05) is 5.32 Å². The van der Waals surface area contributed by atoms with E-state index in [0.717, 1.165) is 0 Å². The summed E-state index contributed by atoms with van der Waals surface area (Å²) in [7, 11) is 0. The fourth-order valence-corrected chi connectivity index (χ4v) is 0.766. The van der Waals surface area contributed by atoms with Crippen molar-refractivity contribution in [3.05, 3.63) is 0 Å². The normalized spacial score (nSPS) is 24.1. The third-order valence-corrected chi connectivity index (χ3v) is 1.18. The van der Waals surface area contributed by atoms with E-state index in [1.165, 1.54) is 0 Å². The van der Waals surface area contributed by atoms with E-state index < -0.39 is 18.2 Å². The van der Waals surface area contributed by atoms with Gasteiger partial charge in [-0.1, -0.05) is 0 Å². The number of ether oxygens (including phenoxy) is 1. The summed E-state index contributed by atoms with van der Waals surface area (Å²) in [5.41, 5.74) is 0. The highest BCUT2D eigenvalue weighted by atomic mass is 19.1. The topological polar surface area (TPSA) is 55.4 Å². The van der Waals surface area contributed by atoms with E-state index in [9.17, 15) is 14.0 Å². The van der Waals surface area contributed by atoms with Gasteiger partial charge in [0.2, 0.25) is 0 Å². The largest absolute Gasteiger partial charge is 0.463 e. The van der Waals surface area contributed by atoms with Gasteiger partial charge in [0.05, 0.1) is 12.5 Å². The second-order valence-electron chi connectivity index (χ2n) is 2.00. The molecule has 0 aromatic heterocycles. The van der Waals surface area contributed by atoms with Crippen LogP contribution in [0.15, 0.2) is 0 Å². The molecule has 1 unspecified atom stereocenters. The summed E-state index contributed by atoms with van der Waals surface area (Å²) in [6.07, 6.45) is -1.56. The van der Waals surface area contributed by atoms with Crippen molar-refractivity contribution in [3.8, 4) is 0 Å². The lowest BCUT2D eigenvalue weighted by atomic mass is 10.3. The Balaban J connectivity index is 2.31. The van der Waals surface area contributed by atoms with E-state index in [0.29, 0.717) is 0 Å². The van der Waals surface area contributed by atoms with Crippen LogP contribution in [0.2, 0.25) is 0 Å². The van der Waals surface area contributed by atoms with Crippen molar-refractivity contribution in [1.29, 1.82) is 0 Å². The van der Waals surface area contributed by atoms with Gasteiger partial charge in [-0.15, -0.1) is 4.39 Å². The molecule has 0 aliphatic carbocycles. The maximum Gasteiger partial charge on any atom is 0.397 e. The van der Waals surface area contributed by atoms with Crippen molar-refractivity contribution in [2.45, 2.75) is 12.5 Å². The van der Waals surface area contributed by atoms with Crippen molar-refractivity contribution < 1.29 is 18.7 Å². The Labute approximate surface area is 56.3 Å². The highest BCUT2D eigenvalue weighted by Crippen LogP contribution is 2.04. The third kappa shape index (κ3) is 1.68. The van der Waals surface area contributed by atoms with Crippen LogP contribution in [-0.2, 0) is 9.53 Å². The Morgan fingerprint density at radius 2 is 2.50 bits per heavy atom. The average molecular weight is 147 g/mol. The number of rotatable bonds is 1. The second kappa shape index (κ2) is 2.64. The molecule has 0 aromatic rings. The van der Waals surface area contributed by atoms with Gasteiger partial charge in [-0.25, -0.2) is 4.79 Å². The number of hydrogen-bond donors (Lipinski definition) is 1. The summed E-state index contributed by atoms with van der Waals surface area (Å²) in [5, 5.41) is 1.92. The minimum atomic E-state index is -1.62. The van der Waals surface area contributed by atoms with Gasteiger partial charge >= 0.3 is 12.1 Å². The Morgan fingerprint density at radius 1 is 1.80 bits per heavy atom. The Morgan fingerprint density at radius 3 is 2.90 bits per heavy atom. The first-order valence-electron chi connectivity index (χ1n) is 2.80. The van der Waals surface area contributed by atoms with Gasteiger partial charge in [-0.05, 0) is 0 Å². The van der Waals surface area contributed by atoms with E-state index in [4.69, 9.17) is 0 Å². The molecule has 1 aliphatic heterocycles. The molecular weight excluding hydrogens is 141 g/mol. The molecule has 1 aliphatic rings. The average Bonchev–Trinajstić information content (AvgIpc) is 2.13. The highest BCUT2D eigenvalue weighted by Gasteiger charge is 2.24. The number of amides is 1. The van der Waals surface area contributed by atoms with Gasteiger partial charge in [-0.3, -0.25) is 4.79 Å². The first-order chi connectivity index (χ1) is 4.68. The van der Waals surface area contributed by atoms with Crippen LogP contribution in [0, 0.1) is 0 Å². The van der Waals surface area contributed by atoms with E-state index in [2.05, 4.69) is 4.74 Å². The van der Waals surface area contributed by atoms with Crippen LogP contribution >= 0.6 is 0 Å². The molecule has 4 nitrogen and oxygen atoms in total. The number of halogens is 1. The first-order valence-corrected chi connectivity index (χ1v) is 2.80. The van der Waals surface area contributed by atoms with E-state index in [-0.39, 0.29) is 13.0 Å². The summed E-state index contributed by atoms with van der Waals surface area (Å²) < 4.78 is 16.0. The lowest BCUT2D eigenvalue weighted by Gasteiger charge is -2.01. The summed E-state index contributed by atoms with van der Waals surface area (Å²) in [6.45, 7) is 0.0779. The molecule has 56 valence electrons. The minimum Gasteiger partial charge on any atom is -0.463 e. The summed E-state index contributed by atoms with van der Waals surface area (Å²) in [4.78, 5) is 20.1. The fraction of sp³-hybridized carbons (Fsp3) is 0.600. The molecule has 5 heteroatoms. The van der Waals surface area contributed by atoms with Crippen LogP contribution in [0.5, 0.6) is 0 Å². The minimum absolute atomic E-state index is 0.0651. The van der Waals surface area contributed by atoms with Gasteiger partial charge in [0.25, 0.3) is 0 Å². The molecule has 10 heavy (non-hydrogen) atoms. The van der Waals surface area contributed by atoms with Gasteiger partial charge in [0, 0.05) is 0 Å². The standard InChI is InChI=1S/C5H6FNO3/c6-5(9)7-3-1-4(8)10-2-3/h3H,1-2H2,(H,7,9). The van der Waals surface area contributed by atoms with Crippen LogP contribution in [0.4, 0.5) is 9.18 Å². The zero-order valence-corrected chi connectivity index (χ0v) is 5.09. The molecule has 1 saturated heterocycles. The predicted octanol–water partition coefficient (Wildman–Crippen LogP) is -0.0190. The molecule has 1 fully saturated rings. The van der Waals surface area contributed by atoms with Gasteiger partial charge in [0.1, 0.15) is 6.61 Å². The van der Waals surface area contributed by atoms with Gasteiger partial charge < -0.3 is 10.1 Å². The lowest BCUT2D eigenvalue weighted by Crippen LogP contribution is -2.31. The van der Waals surface area contributed by atoms with Crippen LogP contribution < -0.4 is 5.32 Å². The van der Waals surface area contributed by atoms with Crippen LogP contribution in [-0.4, -0.2) is 24.8 Å². The summed E-state index contributed by atoms with van der Waals surface area (Å²) >= 11 is 0. The number of cyclic esters (lactones) is 1. The predicted molar refractivity (Wildman–Crippen MR) is 29.0 cm³/mol. The molecule has 0 aromatic carbocycles. The van der Waals surface area contributed by atoms with E-state index >= 15 is 0 Å². The second-order valence-corrected chi connectivity index (χ2v) is 2.00. The van der Waals surface area contributed by atoms with Crippen LogP contribution in [0.1, 0.15) is 6.42 Å². The zero-order valence-electron chi connectivity index (χ0n) is 5.09. The molecule has 0 bridgehead atoms. The summed E-state index contributed by atoms with van der Waals surface area (Å²) in [6, 6.07) is -0.481. The number of nitrogens with one attached hydrogen (secondary N) is 1. The van der Waals surface area contributed by atoms with Crippen molar-refractivity contribution in [2.24, 2.45) is 0 Å². The van der Waals surface area contributed by atoms with Crippen molar-refractivity contribution in [3.63, 3.8) is 0 Å². The Hall–Kier alpha value is -1.13. The molecule has 1 N–H and O–H groups in total. The first kappa shape index (κ1) is 6.98. The smallest absolute Gasteiger partial charge is 0.397 e. The Kier molecular flexibility index (Phi) is 1.84. The SMILES string of the molecule is O=C(F)NC1COC(=O)C1. The molecule has 0 spiro atoms. The molecule has 1 atom stereocenters. The molecule has 0 radical (unpaired) electrons. The number of hydrogen-bond acceptors (Lipinski definition) is 3. The van der Waals surface area contributed by atoms with Crippen molar-refractivity contribution in [1.82, 2.24) is 5.32 Å². The Bertz CT molecular complexity index is 170. The monoisotopic (exact) mass is 147 g/mol. The van der Waals surface area contributed by atoms with Crippen LogP contribution in [0.25, 0.3) is 0 Å². The number of esters is 1. The quantitative estimate of drug-likeness (QED) is 0.322. The van der Waals surface area contributed by atoms with Crippen molar-refractivity contribution >= 4 is 12.1 Å². The maximum absolute atomic E-state index is 11.6. The zero-order chi connectivity index (χ0) is 7.56. The van der Waals surface area contributed by atoms with E-state index in [1.54, 1.807) is 0 Å². The van der Waals surface area contributed by atoms with Gasteiger partial charge in [-0.2, -0.15) is 0 Å². The number of carbonyl (C=O) groups excluding carboxylic acids is 2. The third-order valence-electron chi connectivity index (χ3n) is 1.18. The summed E-state index contributed by atoms with van der Waals surface area (Å²) in [5.74, 6) is -0.404. The lowest BCUT2D eigenvalue weighted by molar-refractivity contribution is -0.137. The maximum atomic E-state index is 11.6. The highest BCUT2D eigenvalue weighted by molar-refractivity contribution is 5.74. The molecule has 1 heterocycles. The van der Waals surface area contributed by atoms with Crippen LogP contribution in [0.3, 0.4) is 0 Å². The van der Waals surface area contributed by atoms with Crippen molar-refractivity contribution in [2.75, 3.05) is 6.61 Å². The molecule has 1 rings (SSSR count). The molecule has 0 saturated carbocycles. The van der Waals surface area contributed by atoms with Gasteiger partial charge in [0.15, 0.2) is 0 Å². The molecule has 1 amide bonds. The fourth-order valence-electron chi connectivity index (χ4n) is 0.766. The molecular formula is C5H6FNO3. The number of carbonyl (C=O) groups is 2.